The normalized spacial score (nSPS) is 23.4. The van der Waals surface area contributed by atoms with Crippen LogP contribution in [0.3, 0.4) is 0 Å². The Morgan fingerprint density at radius 2 is 2.00 bits per heavy atom. The van der Waals surface area contributed by atoms with Gasteiger partial charge in [0.1, 0.15) is 0 Å². The highest BCUT2D eigenvalue weighted by Gasteiger charge is 2.19. The number of anilines is 1. The predicted molar refractivity (Wildman–Crippen MR) is 75.0 cm³/mol. The number of carbonyl (C=O) groups excluding carboxylic acids is 1. The van der Waals surface area contributed by atoms with E-state index in [4.69, 9.17) is 11.6 Å². The molecule has 0 unspecified atom stereocenters. The summed E-state index contributed by atoms with van der Waals surface area (Å²) in [6, 6.07) is 7.34. The summed E-state index contributed by atoms with van der Waals surface area (Å²) >= 11 is 5.86. The Kier molecular flexibility index (Phi) is 4.48. The van der Waals surface area contributed by atoms with Gasteiger partial charge in [0.15, 0.2) is 0 Å². The number of urea groups is 1. The lowest BCUT2D eigenvalue weighted by Gasteiger charge is -2.26. The SMILES string of the molecule is CC1CCC(NC(=O)Nc2cccc(Cl)c2)CC1. The van der Waals surface area contributed by atoms with Crippen LogP contribution in [0.4, 0.5) is 10.5 Å². The largest absolute Gasteiger partial charge is 0.335 e. The van der Waals surface area contributed by atoms with Crippen LogP contribution in [0.2, 0.25) is 5.02 Å². The summed E-state index contributed by atoms with van der Waals surface area (Å²) in [5.41, 5.74) is 0.726. The van der Waals surface area contributed by atoms with Crippen LogP contribution >= 0.6 is 11.6 Å². The summed E-state index contributed by atoms with van der Waals surface area (Å²) in [4.78, 5) is 11.8. The van der Waals surface area contributed by atoms with Gasteiger partial charge in [-0.2, -0.15) is 0 Å². The molecule has 4 heteroatoms. The molecule has 98 valence electrons. The lowest BCUT2D eigenvalue weighted by atomic mass is 9.87. The summed E-state index contributed by atoms with van der Waals surface area (Å²) in [6.07, 6.45) is 4.54. The third-order valence-corrected chi connectivity index (χ3v) is 3.67. The number of rotatable bonds is 2. The van der Waals surface area contributed by atoms with Crippen molar-refractivity contribution < 1.29 is 4.79 Å². The third kappa shape index (κ3) is 3.91. The molecule has 1 aliphatic carbocycles. The highest BCUT2D eigenvalue weighted by Crippen LogP contribution is 2.23. The van der Waals surface area contributed by atoms with Crippen LogP contribution in [0.25, 0.3) is 0 Å². The predicted octanol–water partition coefficient (Wildman–Crippen LogP) is 4.04. The molecule has 0 aromatic heterocycles. The fourth-order valence-electron chi connectivity index (χ4n) is 2.32. The van der Waals surface area contributed by atoms with Crippen molar-refractivity contribution in [1.82, 2.24) is 5.32 Å². The van der Waals surface area contributed by atoms with Gasteiger partial charge in [0, 0.05) is 16.8 Å². The van der Waals surface area contributed by atoms with E-state index in [0.717, 1.165) is 24.4 Å². The maximum absolute atomic E-state index is 11.8. The first-order valence-corrected chi connectivity index (χ1v) is 6.84. The highest BCUT2D eigenvalue weighted by molar-refractivity contribution is 6.30. The third-order valence-electron chi connectivity index (χ3n) is 3.43. The van der Waals surface area contributed by atoms with Gasteiger partial charge in [-0.05, 0) is 49.8 Å². The summed E-state index contributed by atoms with van der Waals surface area (Å²) in [5.74, 6) is 0.791. The number of amides is 2. The molecule has 18 heavy (non-hydrogen) atoms. The minimum Gasteiger partial charge on any atom is -0.335 e. The van der Waals surface area contributed by atoms with Crippen molar-refractivity contribution in [2.75, 3.05) is 5.32 Å². The maximum Gasteiger partial charge on any atom is 0.319 e. The molecule has 2 N–H and O–H groups in total. The van der Waals surface area contributed by atoms with E-state index in [-0.39, 0.29) is 6.03 Å². The first kappa shape index (κ1) is 13.2. The molecule has 2 amide bonds. The highest BCUT2D eigenvalue weighted by atomic mass is 35.5. The average Bonchev–Trinajstić information content (AvgIpc) is 2.32. The zero-order chi connectivity index (χ0) is 13.0. The molecule has 2 rings (SSSR count). The second kappa shape index (κ2) is 6.10. The van der Waals surface area contributed by atoms with Crippen LogP contribution in [0.15, 0.2) is 24.3 Å². The molecule has 0 atom stereocenters. The Bertz CT molecular complexity index is 414. The topological polar surface area (TPSA) is 41.1 Å². The molecule has 0 heterocycles. The van der Waals surface area contributed by atoms with E-state index in [1.54, 1.807) is 12.1 Å². The van der Waals surface area contributed by atoms with Crippen molar-refractivity contribution in [1.29, 1.82) is 0 Å². The van der Waals surface area contributed by atoms with Crippen LogP contribution in [0.5, 0.6) is 0 Å². The molecule has 1 aromatic rings. The van der Waals surface area contributed by atoms with Crippen LogP contribution in [-0.2, 0) is 0 Å². The molecule has 0 bridgehead atoms. The van der Waals surface area contributed by atoms with Crippen molar-refractivity contribution in [2.45, 2.75) is 38.6 Å². The quantitative estimate of drug-likeness (QED) is 0.833. The van der Waals surface area contributed by atoms with Crippen molar-refractivity contribution in [3.8, 4) is 0 Å². The van der Waals surface area contributed by atoms with E-state index in [9.17, 15) is 4.79 Å². The molecule has 3 nitrogen and oxygen atoms in total. The molecule has 0 spiro atoms. The van der Waals surface area contributed by atoms with Crippen molar-refractivity contribution in [3.05, 3.63) is 29.3 Å². The fraction of sp³-hybridized carbons (Fsp3) is 0.500. The van der Waals surface area contributed by atoms with Gasteiger partial charge in [0.25, 0.3) is 0 Å². The van der Waals surface area contributed by atoms with Crippen LogP contribution in [-0.4, -0.2) is 12.1 Å². The zero-order valence-electron chi connectivity index (χ0n) is 10.6. The smallest absolute Gasteiger partial charge is 0.319 e. The van der Waals surface area contributed by atoms with Gasteiger partial charge in [-0.1, -0.05) is 24.6 Å². The molecule has 1 saturated carbocycles. The van der Waals surface area contributed by atoms with Gasteiger partial charge in [0.2, 0.25) is 0 Å². The van der Waals surface area contributed by atoms with Gasteiger partial charge in [-0.3, -0.25) is 0 Å². The lowest BCUT2D eigenvalue weighted by molar-refractivity contribution is 0.239. The monoisotopic (exact) mass is 266 g/mol. The van der Waals surface area contributed by atoms with E-state index in [1.165, 1.54) is 12.8 Å². The van der Waals surface area contributed by atoms with Crippen LogP contribution in [0.1, 0.15) is 32.6 Å². The molecule has 1 aromatic carbocycles. The first-order valence-electron chi connectivity index (χ1n) is 6.46. The molecular weight excluding hydrogens is 248 g/mol. The first-order chi connectivity index (χ1) is 8.63. The Morgan fingerprint density at radius 1 is 1.28 bits per heavy atom. The lowest BCUT2D eigenvalue weighted by Crippen LogP contribution is -2.39. The second-order valence-corrected chi connectivity index (χ2v) is 5.50. The number of benzene rings is 1. The zero-order valence-corrected chi connectivity index (χ0v) is 11.3. The van der Waals surface area contributed by atoms with Crippen molar-refractivity contribution >= 4 is 23.3 Å². The Balaban J connectivity index is 1.82. The second-order valence-electron chi connectivity index (χ2n) is 5.07. The Hall–Kier alpha value is -1.22. The summed E-state index contributed by atoms with van der Waals surface area (Å²) < 4.78 is 0. The maximum atomic E-state index is 11.8. The van der Waals surface area contributed by atoms with Crippen molar-refractivity contribution in [3.63, 3.8) is 0 Å². The van der Waals surface area contributed by atoms with Crippen molar-refractivity contribution in [2.24, 2.45) is 5.92 Å². The van der Waals surface area contributed by atoms with Gasteiger partial charge in [-0.25, -0.2) is 4.79 Å². The molecule has 1 aliphatic rings. The van der Waals surface area contributed by atoms with E-state index in [1.807, 2.05) is 12.1 Å². The molecule has 0 radical (unpaired) electrons. The van der Waals surface area contributed by atoms with E-state index in [2.05, 4.69) is 17.6 Å². The van der Waals surface area contributed by atoms with E-state index >= 15 is 0 Å². The number of hydrogen-bond donors (Lipinski definition) is 2. The van der Waals surface area contributed by atoms with Gasteiger partial charge in [0.05, 0.1) is 0 Å². The molecule has 1 fully saturated rings. The van der Waals surface area contributed by atoms with Gasteiger partial charge in [-0.15, -0.1) is 0 Å². The molecule has 0 aliphatic heterocycles. The number of carbonyl (C=O) groups is 1. The number of nitrogens with one attached hydrogen (secondary N) is 2. The van der Waals surface area contributed by atoms with E-state index in [0.29, 0.717) is 11.1 Å². The standard InChI is InChI=1S/C14H19ClN2O/c1-10-5-7-12(8-6-10)16-14(18)17-13-4-2-3-11(15)9-13/h2-4,9-10,12H,5-8H2,1H3,(H2,16,17,18). The number of halogens is 1. The van der Waals surface area contributed by atoms with Crippen LogP contribution in [0, 0.1) is 5.92 Å². The Labute approximate surface area is 113 Å². The summed E-state index contributed by atoms with van der Waals surface area (Å²) in [5, 5.41) is 6.45. The van der Waals surface area contributed by atoms with Gasteiger partial charge >= 0.3 is 6.03 Å². The minimum atomic E-state index is -0.142. The van der Waals surface area contributed by atoms with Crippen LogP contribution < -0.4 is 10.6 Å². The Morgan fingerprint density at radius 3 is 2.67 bits per heavy atom. The molecule has 0 saturated heterocycles. The minimum absolute atomic E-state index is 0.142. The average molecular weight is 267 g/mol. The summed E-state index contributed by atoms with van der Waals surface area (Å²) in [6.45, 7) is 2.27. The summed E-state index contributed by atoms with van der Waals surface area (Å²) in [7, 11) is 0. The van der Waals surface area contributed by atoms with Gasteiger partial charge < -0.3 is 10.6 Å². The molecular formula is C14H19ClN2O. The van der Waals surface area contributed by atoms with E-state index < -0.39 is 0 Å². The fourth-order valence-corrected chi connectivity index (χ4v) is 2.51. The number of hydrogen-bond acceptors (Lipinski definition) is 1.